The second-order valence-electron chi connectivity index (χ2n) is 8.48. The molecule has 0 heteroatoms. The Labute approximate surface area is 151 Å². The summed E-state index contributed by atoms with van der Waals surface area (Å²) in [5.41, 5.74) is -0.348. The van der Waals surface area contributed by atoms with Crippen molar-refractivity contribution in [3.05, 3.63) is 0 Å². The minimum absolute atomic E-state index is 0.0316. The Morgan fingerprint density at radius 3 is 1.96 bits per heavy atom. The lowest BCUT2D eigenvalue weighted by Crippen LogP contribution is -2.35. The molecule has 0 N–H and O–H groups in total. The van der Waals surface area contributed by atoms with Crippen LogP contribution in [0.5, 0.6) is 0 Å². The van der Waals surface area contributed by atoms with Crippen molar-refractivity contribution in [2.45, 2.75) is 74.1 Å². The fourth-order valence-electron chi connectivity index (χ4n) is 3.12. The van der Waals surface area contributed by atoms with Gasteiger partial charge in [-0.05, 0) is 38.0 Å². The smallest absolute Gasteiger partial charge is 0.0363 e. The van der Waals surface area contributed by atoms with Crippen molar-refractivity contribution in [2.75, 3.05) is 0 Å². The van der Waals surface area contributed by atoms with Gasteiger partial charge in [0, 0.05) is 29.6 Å². The first-order chi connectivity index (χ1) is 11.0. The van der Waals surface area contributed by atoms with Crippen LogP contribution >= 0.6 is 0 Å². The molecule has 0 bridgehead atoms. The van der Waals surface area contributed by atoms with Crippen LogP contribution in [0, 0.1) is 77.0 Å². The summed E-state index contributed by atoms with van der Waals surface area (Å²) in [7, 11) is 0. The van der Waals surface area contributed by atoms with Gasteiger partial charge in [-0.2, -0.15) is 0 Å². The molecule has 0 nitrogen and oxygen atoms in total. The monoisotopic (exact) mass is 322 g/mol. The molecule has 0 aromatic rings. The van der Waals surface area contributed by atoms with Gasteiger partial charge in [-0.25, -0.2) is 0 Å². The van der Waals surface area contributed by atoms with Gasteiger partial charge in [-0.3, -0.25) is 0 Å². The minimum atomic E-state index is -0.207. The summed E-state index contributed by atoms with van der Waals surface area (Å²) in [6.07, 6.45) is 20.2. The predicted molar refractivity (Wildman–Crippen MR) is 107 cm³/mol. The summed E-state index contributed by atoms with van der Waals surface area (Å²) in [4.78, 5) is 0. The molecule has 0 saturated carbocycles. The van der Waals surface area contributed by atoms with E-state index in [-0.39, 0.29) is 28.1 Å². The molecule has 3 atom stereocenters. The zero-order valence-electron chi connectivity index (χ0n) is 16.7. The largest absolute Gasteiger partial charge is 0.120 e. The fourth-order valence-corrected chi connectivity index (χ4v) is 3.12. The fraction of sp³-hybridized carbons (Fsp3) is 0.667. The summed E-state index contributed by atoms with van der Waals surface area (Å²) in [5, 5.41) is 0. The lowest BCUT2D eigenvalue weighted by molar-refractivity contribution is 0.152. The number of rotatable bonds is 7. The van der Waals surface area contributed by atoms with Gasteiger partial charge in [0.15, 0.2) is 0 Å². The van der Waals surface area contributed by atoms with E-state index in [0.29, 0.717) is 0 Å². The van der Waals surface area contributed by atoms with Gasteiger partial charge in [-0.15, -0.1) is 43.0 Å². The molecule has 0 amide bonds. The predicted octanol–water partition coefficient (Wildman–Crippen LogP) is 5.78. The first kappa shape index (κ1) is 22.2. The lowest BCUT2D eigenvalue weighted by atomic mass is 9.62. The van der Waals surface area contributed by atoms with Gasteiger partial charge in [0.25, 0.3) is 0 Å². The zero-order chi connectivity index (χ0) is 19.0. The zero-order valence-corrected chi connectivity index (χ0v) is 16.7. The molecule has 0 spiro atoms. The molecule has 0 aliphatic heterocycles. The maximum absolute atomic E-state index is 5.75. The Morgan fingerprint density at radius 1 is 0.958 bits per heavy atom. The van der Waals surface area contributed by atoms with Crippen LogP contribution in [-0.4, -0.2) is 0 Å². The summed E-state index contributed by atoms with van der Waals surface area (Å²) >= 11 is 0. The van der Waals surface area contributed by atoms with Crippen molar-refractivity contribution in [2.24, 2.45) is 28.1 Å². The summed E-state index contributed by atoms with van der Waals surface area (Å²) in [5.74, 6) is 16.0. The highest BCUT2D eigenvalue weighted by atomic mass is 14.4. The van der Waals surface area contributed by atoms with Gasteiger partial charge in [0.05, 0.1) is 0 Å². The number of terminal acetylenes is 3. The van der Waals surface area contributed by atoms with E-state index in [1.807, 2.05) is 0 Å². The maximum Gasteiger partial charge on any atom is 0.0363 e. The highest BCUT2D eigenvalue weighted by Crippen LogP contribution is 2.45. The number of hydrogen-bond donors (Lipinski definition) is 0. The van der Waals surface area contributed by atoms with Crippen molar-refractivity contribution >= 4 is 0 Å². The molecule has 0 aliphatic carbocycles. The van der Waals surface area contributed by atoms with Crippen molar-refractivity contribution < 1.29 is 0 Å². The number of hydrogen-bond acceptors (Lipinski definition) is 0. The van der Waals surface area contributed by atoms with Crippen LogP contribution in [0.25, 0.3) is 0 Å². The second kappa shape index (κ2) is 8.92. The topological polar surface area (TPSA) is 0 Å². The second-order valence-corrected chi connectivity index (χ2v) is 8.48. The van der Waals surface area contributed by atoms with Crippen molar-refractivity contribution in [1.29, 1.82) is 0 Å². The molecule has 3 unspecified atom stereocenters. The highest BCUT2D eigenvalue weighted by Gasteiger charge is 2.39. The van der Waals surface area contributed by atoms with Crippen LogP contribution < -0.4 is 0 Å². The summed E-state index contributed by atoms with van der Waals surface area (Å²) < 4.78 is 0. The Kier molecular flexibility index (Phi) is 8.26. The van der Waals surface area contributed by atoms with Gasteiger partial charge in [0.2, 0.25) is 0 Å². The molecule has 0 heterocycles. The van der Waals surface area contributed by atoms with Gasteiger partial charge < -0.3 is 0 Å². The SMILES string of the molecule is C#CCC(C)(C)CC#CC(CC)(CC(C)(C)C#C)C(C)C(C)C#C. The third kappa shape index (κ3) is 6.39. The van der Waals surface area contributed by atoms with E-state index in [9.17, 15) is 0 Å². The molecule has 0 aliphatic rings. The molecule has 0 radical (unpaired) electrons. The van der Waals surface area contributed by atoms with Crippen molar-refractivity contribution in [1.82, 2.24) is 0 Å². The van der Waals surface area contributed by atoms with Crippen molar-refractivity contribution in [3.63, 3.8) is 0 Å². The van der Waals surface area contributed by atoms with Gasteiger partial charge in [0.1, 0.15) is 0 Å². The van der Waals surface area contributed by atoms with E-state index in [0.717, 1.165) is 25.7 Å². The standard InChI is InChI=1S/C24H34/c1-11-16-23(9,10)17-15-18-24(14-4,19-22(7,8)13-3)21(6)20(5)12-2/h1-3,20-21H,14,16-17,19H2,4-10H3. The first-order valence-corrected chi connectivity index (χ1v) is 8.86. The minimum Gasteiger partial charge on any atom is -0.120 e. The van der Waals surface area contributed by atoms with E-state index in [1.165, 1.54) is 0 Å². The average Bonchev–Trinajstić information content (AvgIpc) is 2.51. The van der Waals surface area contributed by atoms with Gasteiger partial charge in [-0.1, -0.05) is 40.5 Å². The van der Waals surface area contributed by atoms with E-state index in [4.69, 9.17) is 19.3 Å². The molecule has 0 aromatic heterocycles. The van der Waals surface area contributed by atoms with Crippen LogP contribution in [0.15, 0.2) is 0 Å². The summed E-state index contributed by atoms with van der Waals surface area (Å²) in [6.45, 7) is 15.0. The molecular weight excluding hydrogens is 288 g/mol. The van der Waals surface area contributed by atoms with Crippen molar-refractivity contribution in [3.8, 4) is 48.9 Å². The third-order valence-corrected chi connectivity index (χ3v) is 5.15. The van der Waals surface area contributed by atoms with E-state index >= 15 is 0 Å². The van der Waals surface area contributed by atoms with Crippen LogP contribution in [0.2, 0.25) is 0 Å². The average molecular weight is 323 g/mol. The molecule has 0 rings (SSSR count). The van der Waals surface area contributed by atoms with E-state index in [2.05, 4.69) is 78.1 Å². The van der Waals surface area contributed by atoms with E-state index in [1.54, 1.807) is 0 Å². The van der Waals surface area contributed by atoms with Gasteiger partial charge >= 0.3 is 0 Å². The molecule has 0 saturated heterocycles. The van der Waals surface area contributed by atoms with E-state index < -0.39 is 0 Å². The third-order valence-electron chi connectivity index (χ3n) is 5.15. The highest BCUT2D eigenvalue weighted by molar-refractivity contribution is 5.20. The Bertz CT molecular complexity index is 585. The molecule has 24 heavy (non-hydrogen) atoms. The normalized spacial score (nSPS) is 16.3. The first-order valence-electron chi connectivity index (χ1n) is 8.86. The van der Waals surface area contributed by atoms with Crippen LogP contribution in [0.4, 0.5) is 0 Å². The molecular formula is C24H34. The Hall–Kier alpha value is -1.76. The molecule has 0 aromatic carbocycles. The quantitative estimate of drug-likeness (QED) is 0.521. The summed E-state index contributed by atoms with van der Waals surface area (Å²) in [6, 6.07) is 0. The Balaban J connectivity index is 5.77. The molecule has 0 fully saturated rings. The maximum atomic E-state index is 5.75. The van der Waals surface area contributed by atoms with Crippen LogP contribution in [0.3, 0.4) is 0 Å². The van der Waals surface area contributed by atoms with Crippen LogP contribution in [-0.2, 0) is 0 Å². The van der Waals surface area contributed by atoms with Crippen LogP contribution in [0.1, 0.15) is 74.1 Å². The molecule has 130 valence electrons. The lowest BCUT2D eigenvalue weighted by Gasteiger charge is -2.40. The Morgan fingerprint density at radius 2 is 1.54 bits per heavy atom.